The monoisotopic (exact) mass is 244 g/mol. The molecule has 5 heteroatoms. The van der Waals surface area contributed by atoms with Gasteiger partial charge in [0.05, 0.1) is 5.52 Å². The number of benzene rings is 1. The first-order valence-electron chi connectivity index (χ1n) is 6.27. The molecule has 0 spiro atoms. The number of aromatic amines is 1. The highest BCUT2D eigenvalue weighted by Crippen LogP contribution is 2.28. The summed E-state index contributed by atoms with van der Waals surface area (Å²) in [5, 5.41) is 11.6. The SMILES string of the molecule is Nc1cc2[nH]nc(NC3CCCC3)c2cc1C=O. The third-order valence-electron chi connectivity index (χ3n) is 3.59. The van der Waals surface area contributed by atoms with E-state index >= 15 is 0 Å². The van der Waals surface area contributed by atoms with Crippen molar-refractivity contribution < 1.29 is 4.79 Å². The molecule has 0 radical (unpaired) electrons. The molecule has 0 amide bonds. The predicted octanol–water partition coefficient (Wildman–Crippen LogP) is 2.31. The number of fused-ring (bicyclic) bond motifs is 1. The molecule has 0 saturated heterocycles. The van der Waals surface area contributed by atoms with Crippen LogP contribution in [0.25, 0.3) is 10.9 Å². The van der Waals surface area contributed by atoms with E-state index in [-0.39, 0.29) is 0 Å². The average molecular weight is 244 g/mol. The first kappa shape index (κ1) is 11.1. The zero-order valence-corrected chi connectivity index (χ0v) is 10.1. The summed E-state index contributed by atoms with van der Waals surface area (Å²) in [6.07, 6.45) is 5.69. The van der Waals surface area contributed by atoms with Crippen LogP contribution in [0.4, 0.5) is 11.5 Å². The summed E-state index contributed by atoms with van der Waals surface area (Å²) in [5.74, 6) is 0.819. The van der Waals surface area contributed by atoms with Gasteiger partial charge in [0.25, 0.3) is 0 Å². The number of nitrogens with zero attached hydrogens (tertiary/aromatic N) is 1. The molecule has 0 aliphatic heterocycles. The molecule has 1 aliphatic rings. The molecule has 1 fully saturated rings. The summed E-state index contributed by atoms with van der Waals surface area (Å²) in [6, 6.07) is 4.04. The predicted molar refractivity (Wildman–Crippen MR) is 71.8 cm³/mol. The molecule has 4 N–H and O–H groups in total. The van der Waals surface area contributed by atoms with Gasteiger partial charge in [-0.15, -0.1) is 0 Å². The lowest BCUT2D eigenvalue weighted by atomic mass is 10.1. The van der Waals surface area contributed by atoms with E-state index in [4.69, 9.17) is 5.73 Å². The van der Waals surface area contributed by atoms with E-state index in [2.05, 4.69) is 15.5 Å². The lowest BCUT2D eigenvalue weighted by molar-refractivity contribution is 0.112. The number of carbonyl (C=O) groups is 1. The average Bonchev–Trinajstić information content (AvgIpc) is 2.99. The molecule has 1 aromatic heterocycles. The van der Waals surface area contributed by atoms with E-state index in [1.807, 2.05) is 0 Å². The minimum atomic E-state index is 0.480. The van der Waals surface area contributed by atoms with E-state index in [1.54, 1.807) is 12.1 Å². The van der Waals surface area contributed by atoms with Crippen LogP contribution in [-0.4, -0.2) is 22.5 Å². The molecule has 2 aromatic rings. The largest absolute Gasteiger partial charge is 0.398 e. The summed E-state index contributed by atoms with van der Waals surface area (Å²) < 4.78 is 0. The van der Waals surface area contributed by atoms with Gasteiger partial charge in [0.15, 0.2) is 12.1 Å². The van der Waals surface area contributed by atoms with Gasteiger partial charge in [-0.3, -0.25) is 9.89 Å². The van der Waals surface area contributed by atoms with Gasteiger partial charge in [-0.25, -0.2) is 0 Å². The van der Waals surface area contributed by atoms with Crippen molar-refractivity contribution in [2.45, 2.75) is 31.7 Å². The quantitative estimate of drug-likeness (QED) is 0.571. The van der Waals surface area contributed by atoms with Crippen LogP contribution in [0.2, 0.25) is 0 Å². The van der Waals surface area contributed by atoms with Crippen LogP contribution in [0.15, 0.2) is 12.1 Å². The second-order valence-electron chi connectivity index (χ2n) is 4.84. The van der Waals surface area contributed by atoms with Gasteiger partial charge < -0.3 is 11.1 Å². The van der Waals surface area contributed by atoms with Gasteiger partial charge in [0.2, 0.25) is 0 Å². The van der Waals surface area contributed by atoms with Crippen molar-refractivity contribution in [2.24, 2.45) is 0 Å². The summed E-state index contributed by atoms with van der Waals surface area (Å²) in [6.45, 7) is 0. The number of nitrogens with two attached hydrogens (primary N) is 1. The van der Waals surface area contributed by atoms with Gasteiger partial charge in [0.1, 0.15) is 0 Å². The lowest BCUT2D eigenvalue weighted by Gasteiger charge is -2.11. The minimum absolute atomic E-state index is 0.480. The molecule has 1 saturated carbocycles. The molecule has 3 rings (SSSR count). The second-order valence-corrected chi connectivity index (χ2v) is 4.84. The number of hydrogen-bond donors (Lipinski definition) is 3. The van der Waals surface area contributed by atoms with Crippen LogP contribution in [0.1, 0.15) is 36.0 Å². The number of anilines is 2. The van der Waals surface area contributed by atoms with Gasteiger partial charge in [-0.2, -0.15) is 5.10 Å². The van der Waals surface area contributed by atoms with Crippen molar-refractivity contribution in [1.82, 2.24) is 10.2 Å². The molecular weight excluding hydrogens is 228 g/mol. The van der Waals surface area contributed by atoms with Crippen molar-refractivity contribution in [3.8, 4) is 0 Å². The molecule has 94 valence electrons. The molecule has 0 unspecified atom stereocenters. The standard InChI is InChI=1S/C13H16N4O/c14-11-6-12-10(5-8(11)7-18)13(17-16-12)15-9-3-1-2-4-9/h5-7,9H,1-4,14H2,(H2,15,16,17). The van der Waals surface area contributed by atoms with Gasteiger partial charge in [-0.05, 0) is 25.0 Å². The summed E-state index contributed by atoms with van der Waals surface area (Å²) in [4.78, 5) is 10.9. The Balaban J connectivity index is 1.99. The fourth-order valence-corrected chi connectivity index (χ4v) is 2.57. The smallest absolute Gasteiger partial charge is 0.155 e. The second kappa shape index (κ2) is 4.33. The van der Waals surface area contributed by atoms with E-state index in [9.17, 15) is 4.79 Å². The van der Waals surface area contributed by atoms with E-state index < -0.39 is 0 Å². The number of nitrogen functional groups attached to an aromatic ring is 1. The van der Waals surface area contributed by atoms with Crippen LogP contribution >= 0.6 is 0 Å². The number of carbonyl (C=O) groups excluding carboxylic acids is 1. The zero-order valence-electron chi connectivity index (χ0n) is 10.1. The minimum Gasteiger partial charge on any atom is -0.398 e. The normalized spacial score (nSPS) is 16.2. The van der Waals surface area contributed by atoms with Gasteiger partial charge in [0, 0.05) is 22.7 Å². The topological polar surface area (TPSA) is 83.8 Å². The number of nitrogens with one attached hydrogen (secondary N) is 2. The Labute approximate surface area is 105 Å². The first-order valence-corrected chi connectivity index (χ1v) is 6.27. The van der Waals surface area contributed by atoms with Gasteiger partial charge >= 0.3 is 0 Å². The van der Waals surface area contributed by atoms with Crippen LogP contribution in [0, 0.1) is 0 Å². The highest BCUT2D eigenvalue weighted by atomic mass is 16.1. The van der Waals surface area contributed by atoms with Crippen LogP contribution in [-0.2, 0) is 0 Å². The Morgan fingerprint density at radius 3 is 2.89 bits per heavy atom. The Hall–Kier alpha value is -2.04. The summed E-state index contributed by atoms with van der Waals surface area (Å²) >= 11 is 0. The first-order chi connectivity index (χ1) is 8.78. The summed E-state index contributed by atoms with van der Waals surface area (Å²) in [5.41, 5.74) is 7.62. The number of H-pyrrole nitrogens is 1. The molecule has 1 aromatic carbocycles. The number of hydrogen-bond acceptors (Lipinski definition) is 4. The number of aromatic nitrogens is 2. The van der Waals surface area contributed by atoms with Crippen molar-refractivity contribution in [2.75, 3.05) is 11.1 Å². The molecule has 18 heavy (non-hydrogen) atoms. The van der Waals surface area contributed by atoms with Crippen LogP contribution in [0.3, 0.4) is 0 Å². The third-order valence-corrected chi connectivity index (χ3v) is 3.59. The molecule has 1 aliphatic carbocycles. The molecule has 5 nitrogen and oxygen atoms in total. The number of rotatable bonds is 3. The maximum absolute atomic E-state index is 10.9. The van der Waals surface area contributed by atoms with Crippen LogP contribution < -0.4 is 11.1 Å². The maximum Gasteiger partial charge on any atom is 0.155 e. The number of aldehydes is 1. The lowest BCUT2D eigenvalue weighted by Crippen LogP contribution is -2.14. The van der Waals surface area contributed by atoms with E-state index in [0.717, 1.165) is 23.0 Å². The molecule has 0 atom stereocenters. The maximum atomic E-state index is 10.9. The third kappa shape index (κ3) is 1.81. The van der Waals surface area contributed by atoms with Gasteiger partial charge in [-0.1, -0.05) is 12.8 Å². The summed E-state index contributed by atoms with van der Waals surface area (Å²) in [7, 11) is 0. The van der Waals surface area contributed by atoms with Crippen LogP contribution in [0.5, 0.6) is 0 Å². The molecular formula is C13H16N4O. The van der Waals surface area contributed by atoms with E-state index in [0.29, 0.717) is 17.3 Å². The fraction of sp³-hybridized carbons (Fsp3) is 0.385. The fourth-order valence-electron chi connectivity index (χ4n) is 2.57. The highest BCUT2D eigenvalue weighted by molar-refractivity contribution is 5.98. The van der Waals surface area contributed by atoms with Crippen molar-refractivity contribution in [3.63, 3.8) is 0 Å². The Bertz CT molecular complexity index is 584. The molecule has 0 bridgehead atoms. The Morgan fingerprint density at radius 2 is 2.17 bits per heavy atom. The van der Waals surface area contributed by atoms with E-state index in [1.165, 1.54) is 25.7 Å². The Morgan fingerprint density at radius 1 is 1.39 bits per heavy atom. The van der Waals surface area contributed by atoms with Crippen molar-refractivity contribution >= 4 is 28.7 Å². The zero-order chi connectivity index (χ0) is 12.5. The highest BCUT2D eigenvalue weighted by Gasteiger charge is 2.17. The van der Waals surface area contributed by atoms with Crippen molar-refractivity contribution in [1.29, 1.82) is 0 Å². The Kier molecular flexibility index (Phi) is 2.66. The molecule has 1 heterocycles. The van der Waals surface area contributed by atoms with Crippen molar-refractivity contribution in [3.05, 3.63) is 17.7 Å².